The Bertz CT molecular complexity index is 873. The lowest BCUT2D eigenvalue weighted by Crippen LogP contribution is -1.92. The minimum atomic E-state index is -0.360. The summed E-state index contributed by atoms with van der Waals surface area (Å²) in [5.41, 5.74) is 3.54. The maximum atomic E-state index is 11.5. The van der Waals surface area contributed by atoms with Crippen molar-refractivity contribution < 1.29 is 4.79 Å². The van der Waals surface area contributed by atoms with Crippen LogP contribution in [0.4, 0.5) is 11.4 Å². The van der Waals surface area contributed by atoms with Gasteiger partial charge in [-0.2, -0.15) is 0 Å². The molecule has 0 aliphatic carbocycles. The van der Waals surface area contributed by atoms with E-state index in [0.29, 0.717) is 0 Å². The van der Waals surface area contributed by atoms with Crippen molar-refractivity contribution in [2.75, 3.05) is 0 Å². The van der Waals surface area contributed by atoms with Gasteiger partial charge in [0.05, 0.1) is 17.6 Å². The maximum absolute atomic E-state index is 11.5. The molecule has 0 saturated heterocycles. The van der Waals surface area contributed by atoms with Gasteiger partial charge in [-0.25, -0.2) is 4.99 Å². The fourth-order valence-corrected chi connectivity index (χ4v) is 2.51. The lowest BCUT2D eigenvalue weighted by atomic mass is 9.99. The van der Waals surface area contributed by atoms with Gasteiger partial charge < -0.3 is 0 Å². The summed E-state index contributed by atoms with van der Waals surface area (Å²) < 4.78 is 0. The lowest BCUT2D eigenvalue weighted by molar-refractivity contribution is -0.111. The van der Waals surface area contributed by atoms with Gasteiger partial charge in [0.1, 0.15) is 0 Å². The summed E-state index contributed by atoms with van der Waals surface area (Å²) in [7, 11) is 0. The van der Waals surface area contributed by atoms with Gasteiger partial charge in [0.2, 0.25) is 0 Å². The van der Waals surface area contributed by atoms with E-state index in [1.807, 2.05) is 30.3 Å². The smallest absolute Gasteiger partial charge is 0.266 e. The number of hydrogen-bond acceptors (Lipinski definition) is 3. The molecule has 0 atom stereocenters. The first-order valence-corrected chi connectivity index (χ1v) is 6.25. The monoisotopic (exact) mass is 259 g/mol. The molecule has 0 unspecified atom stereocenters. The highest BCUT2D eigenvalue weighted by Crippen LogP contribution is 2.44. The van der Waals surface area contributed by atoms with Crippen molar-refractivity contribution in [2.45, 2.75) is 0 Å². The molecule has 0 spiro atoms. The van der Waals surface area contributed by atoms with Crippen molar-refractivity contribution >= 4 is 52.3 Å². The van der Waals surface area contributed by atoms with Crippen LogP contribution in [0.2, 0.25) is 0 Å². The topological polar surface area (TPSA) is 54.1 Å². The Kier molecular flexibility index (Phi) is 2.23. The molecule has 2 aliphatic rings. The van der Waals surface area contributed by atoms with Crippen molar-refractivity contribution in [3.8, 4) is 0 Å². The molecule has 0 bridgehead atoms. The van der Waals surface area contributed by atoms with E-state index in [-0.39, 0.29) is 5.91 Å². The van der Waals surface area contributed by atoms with Crippen LogP contribution in [0.25, 0.3) is 16.3 Å². The molecule has 2 aliphatic heterocycles. The number of amides is 1. The van der Waals surface area contributed by atoms with Gasteiger partial charge in [0.15, 0.2) is 0 Å². The van der Waals surface area contributed by atoms with Crippen molar-refractivity contribution in [2.24, 2.45) is 15.0 Å². The van der Waals surface area contributed by atoms with Crippen LogP contribution in [0.1, 0.15) is 5.56 Å². The first kappa shape index (κ1) is 11.0. The SMILES string of the molecule is O=C1C=Nc2cc3ccccc3c3c2/C(=C\C=N1)C=N3. The molecule has 2 aromatic rings. The second-order valence-corrected chi connectivity index (χ2v) is 4.60. The molecule has 0 radical (unpaired) electrons. The van der Waals surface area contributed by atoms with E-state index >= 15 is 0 Å². The van der Waals surface area contributed by atoms with E-state index in [2.05, 4.69) is 15.0 Å². The predicted molar refractivity (Wildman–Crippen MR) is 81.7 cm³/mol. The zero-order valence-corrected chi connectivity index (χ0v) is 10.4. The molecule has 94 valence electrons. The molecule has 1 amide bonds. The third kappa shape index (κ3) is 1.55. The first-order chi connectivity index (χ1) is 9.83. The quantitative estimate of drug-likeness (QED) is 0.716. The predicted octanol–water partition coefficient (Wildman–Crippen LogP) is 3.25. The van der Waals surface area contributed by atoms with Gasteiger partial charge in [-0.15, -0.1) is 0 Å². The van der Waals surface area contributed by atoms with Crippen LogP contribution in [0.3, 0.4) is 0 Å². The summed E-state index contributed by atoms with van der Waals surface area (Å²) in [5, 5.41) is 2.15. The van der Waals surface area contributed by atoms with E-state index in [0.717, 1.165) is 33.3 Å². The lowest BCUT2D eigenvalue weighted by Gasteiger charge is -2.08. The Labute approximate surface area is 114 Å². The van der Waals surface area contributed by atoms with Gasteiger partial charge in [-0.05, 0) is 17.5 Å². The van der Waals surface area contributed by atoms with Gasteiger partial charge in [0.25, 0.3) is 5.91 Å². The summed E-state index contributed by atoms with van der Waals surface area (Å²) in [4.78, 5) is 24.0. The van der Waals surface area contributed by atoms with Gasteiger partial charge in [0, 0.05) is 29.0 Å². The van der Waals surface area contributed by atoms with E-state index in [4.69, 9.17) is 0 Å². The average molecular weight is 259 g/mol. The third-order valence-electron chi connectivity index (χ3n) is 3.39. The molecule has 20 heavy (non-hydrogen) atoms. The zero-order valence-electron chi connectivity index (χ0n) is 10.4. The summed E-state index contributed by atoms with van der Waals surface area (Å²) in [5.74, 6) is -0.360. The summed E-state index contributed by atoms with van der Waals surface area (Å²) in [6.45, 7) is 0. The minimum Gasteiger partial charge on any atom is -0.266 e. The number of rotatable bonds is 0. The first-order valence-electron chi connectivity index (χ1n) is 6.25. The van der Waals surface area contributed by atoms with E-state index in [9.17, 15) is 4.79 Å². The van der Waals surface area contributed by atoms with Crippen LogP contribution >= 0.6 is 0 Å². The number of carbonyl (C=O) groups excluding carboxylic acids is 1. The Balaban J connectivity index is 2.13. The van der Waals surface area contributed by atoms with Crippen LogP contribution in [0.5, 0.6) is 0 Å². The van der Waals surface area contributed by atoms with Crippen molar-refractivity contribution in [1.82, 2.24) is 0 Å². The molecule has 2 heterocycles. The Morgan fingerprint density at radius 1 is 0.950 bits per heavy atom. The number of allylic oxidation sites excluding steroid dienone is 2. The van der Waals surface area contributed by atoms with Crippen molar-refractivity contribution in [3.63, 3.8) is 0 Å². The molecular weight excluding hydrogens is 250 g/mol. The summed E-state index contributed by atoms with van der Waals surface area (Å²) >= 11 is 0. The van der Waals surface area contributed by atoms with Crippen molar-refractivity contribution in [3.05, 3.63) is 42.0 Å². The van der Waals surface area contributed by atoms with Gasteiger partial charge in [-0.1, -0.05) is 24.3 Å². The summed E-state index contributed by atoms with van der Waals surface area (Å²) in [6, 6.07) is 10.0. The molecule has 2 aromatic carbocycles. The van der Waals surface area contributed by atoms with E-state index in [1.165, 1.54) is 12.4 Å². The number of carbonyl (C=O) groups is 1. The number of aliphatic imine (C=N–C) groups is 3. The molecule has 4 nitrogen and oxygen atoms in total. The van der Waals surface area contributed by atoms with Gasteiger partial charge >= 0.3 is 0 Å². The number of hydrogen-bond donors (Lipinski definition) is 0. The molecule has 0 fully saturated rings. The highest BCUT2D eigenvalue weighted by molar-refractivity contribution is 6.31. The fourth-order valence-electron chi connectivity index (χ4n) is 2.51. The molecule has 0 N–H and O–H groups in total. The second-order valence-electron chi connectivity index (χ2n) is 4.60. The third-order valence-corrected chi connectivity index (χ3v) is 3.39. The Hall–Kier alpha value is -2.88. The van der Waals surface area contributed by atoms with E-state index in [1.54, 1.807) is 12.3 Å². The Morgan fingerprint density at radius 3 is 2.80 bits per heavy atom. The highest BCUT2D eigenvalue weighted by Gasteiger charge is 2.20. The molecule has 0 saturated carbocycles. The number of benzene rings is 2. The average Bonchev–Trinajstić information content (AvgIpc) is 2.91. The van der Waals surface area contributed by atoms with Gasteiger partial charge in [-0.3, -0.25) is 14.8 Å². The molecule has 4 rings (SSSR count). The largest absolute Gasteiger partial charge is 0.288 e. The zero-order chi connectivity index (χ0) is 13.5. The standard InChI is InChI=1S/C16H9N3O/c20-14-9-18-13-7-10-3-1-2-4-12(10)16-15(13)11(8-19-16)5-6-17-14/h1-9H/b11-5-,17-6?,18-9?. The highest BCUT2D eigenvalue weighted by atomic mass is 16.1. The minimum absolute atomic E-state index is 0.360. The maximum Gasteiger partial charge on any atom is 0.288 e. The fraction of sp³-hybridized carbons (Fsp3) is 0. The van der Waals surface area contributed by atoms with Crippen LogP contribution in [0, 0.1) is 0 Å². The van der Waals surface area contributed by atoms with Crippen LogP contribution < -0.4 is 0 Å². The van der Waals surface area contributed by atoms with Crippen LogP contribution in [-0.2, 0) is 4.79 Å². The normalized spacial score (nSPS) is 18.4. The van der Waals surface area contributed by atoms with Crippen LogP contribution in [0.15, 0.2) is 51.4 Å². The second kappa shape index (κ2) is 4.06. The molecule has 4 heteroatoms. The number of nitrogens with zero attached hydrogens (tertiary/aromatic N) is 3. The van der Waals surface area contributed by atoms with Crippen LogP contribution in [-0.4, -0.2) is 24.6 Å². The molecular formula is C16H9N3O. The molecule has 0 aromatic heterocycles. The summed E-state index contributed by atoms with van der Waals surface area (Å²) in [6.07, 6.45) is 6.32. The Morgan fingerprint density at radius 2 is 1.85 bits per heavy atom. The number of fused-ring (bicyclic) bond motifs is 2. The van der Waals surface area contributed by atoms with E-state index < -0.39 is 0 Å². The van der Waals surface area contributed by atoms with Crippen molar-refractivity contribution in [1.29, 1.82) is 0 Å².